The fourth-order valence-corrected chi connectivity index (χ4v) is 3.06. The molecule has 9 heteroatoms. The zero-order chi connectivity index (χ0) is 20.9. The van der Waals surface area contributed by atoms with Gasteiger partial charge in [0.15, 0.2) is 12.4 Å². The summed E-state index contributed by atoms with van der Waals surface area (Å²) < 4.78 is 10.8. The molecular weight excluding hydrogens is 406 g/mol. The van der Waals surface area contributed by atoms with Crippen molar-refractivity contribution < 1.29 is 14.3 Å². The van der Waals surface area contributed by atoms with Crippen LogP contribution in [0.1, 0.15) is 5.82 Å². The Bertz CT molecular complexity index is 1180. The van der Waals surface area contributed by atoms with Gasteiger partial charge in [0, 0.05) is 17.1 Å². The second-order valence-electron chi connectivity index (χ2n) is 6.34. The van der Waals surface area contributed by atoms with Crippen LogP contribution < -0.4 is 14.8 Å². The van der Waals surface area contributed by atoms with Crippen LogP contribution in [0.4, 0.5) is 0 Å². The van der Waals surface area contributed by atoms with Crippen molar-refractivity contribution in [3.63, 3.8) is 0 Å². The summed E-state index contributed by atoms with van der Waals surface area (Å²) in [5, 5.41) is 11.1. The van der Waals surface area contributed by atoms with Gasteiger partial charge in [0.05, 0.1) is 18.7 Å². The van der Waals surface area contributed by atoms with E-state index in [-0.39, 0.29) is 19.1 Å². The standard InChI is InChI=1S/C21H18ClN5O3/c1-29-14-6-4-13(5-7-14)21-25-18(26-27-21)11-24-19(28)12-30-17-9-8-16(22)15-3-2-10-23-20(15)17/h2-10H,11-12H2,1H3,(H,24,28)(H,25,26,27). The summed E-state index contributed by atoms with van der Waals surface area (Å²) in [6, 6.07) is 14.5. The molecule has 0 saturated heterocycles. The first-order valence-corrected chi connectivity index (χ1v) is 9.50. The van der Waals surface area contributed by atoms with Gasteiger partial charge in [-0.25, -0.2) is 4.98 Å². The van der Waals surface area contributed by atoms with Gasteiger partial charge in [-0.2, -0.15) is 5.10 Å². The highest BCUT2D eigenvalue weighted by Gasteiger charge is 2.11. The van der Waals surface area contributed by atoms with Crippen LogP contribution in [0.25, 0.3) is 22.3 Å². The van der Waals surface area contributed by atoms with E-state index in [2.05, 4.69) is 25.5 Å². The number of aromatic amines is 1. The van der Waals surface area contributed by atoms with Crippen molar-refractivity contribution in [3.8, 4) is 22.9 Å². The van der Waals surface area contributed by atoms with Crippen LogP contribution in [-0.4, -0.2) is 39.8 Å². The summed E-state index contributed by atoms with van der Waals surface area (Å²) in [5.41, 5.74) is 1.45. The molecular formula is C21H18ClN5O3. The molecule has 4 aromatic rings. The minimum atomic E-state index is -0.295. The molecule has 0 bridgehead atoms. The number of fused-ring (bicyclic) bond motifs is 1. The minimum Gasteiger partial charge on any atom is -0.497 e. The lowest BCUT2D eigenvalue weighted by Crippen LogP contribution is -2.28. The number of hydrogen-bond acceptors (Lipinski definition) is 6. The van der Waals surface area contributed by atoms with Gasteiger partial charge in [-0.3, -0.25) is 14.9 Å². The number of rotatable bonds is 7. The third-order valence-corrected chi connectivity index (χ3v) is 4.70. The summed E-state index contributed by atoms with van der Waals surface area (Å²) in [6.45, 7) is 0.0394. The highest BCUT2D eigenvalue weighted by Crippen LogP contribution is 2.29. The first kappa shape index (κ1) is 19.7. The van der Waals surface area contributed by atoms with Crippen LogP contribution >= 0.6 is 11.6 Å². The molecule has 0 aliphatic rings. The van der Waals surface area contributed by atoms with Gasteiger partial charge in [-0.05, 0) is 48.5 Å². The molecule has 0 atom stereocenters. The molecule has 2 aromatic carbocycles. The molecule has 0 radical (unpaired) electrons. The summed E-state index contributed by atoms with van der Waals surface area (Å²) >= 11 is 6.17. The Morgan fingerprint density at radius 3 is 2.80 bits per heavy atom. The summed E-state index contributed by atoms with van der Waals surface area (Å²) in [7, 11) is 1.61. The van der Waals surface area contributed by atoms with E-state index in [9.17, 15) is 4.79 Å². The molecule has 0 saturated carbocycles. The Kier molecular flexibility index (Phi) is 5.76. The van der Waals surface area contributed by atoms with Crippen LogP contribution in [0.3, 0.4) is 0 Å². The second-order valence-corrected chi connectivity index (χ2v) is 6.75. The first-order chi connectivity index (χ1) is 14.6. The number of benzene rings is 2. The van der Waals surface area contributed by atoms with Crippen LogP contribution in [0.15, 0.2) is 54.7 Å². The van der Waals surface area contributed by atoms with Gasteiger partial charge >= 0.3 is 0 Å². The van der Waals surface area contributed by atoms with E-state index in [1.165, 1.54) is 0 Å². The number of methoxy groups -OCH3 is 1. The molecule has 0 aliphatic carbocycles. The molecule has 30 heavy (non-hydrogen) atoms. The van der Waals surface area contributed by atoms with Crippen LogP contribution in [0.2, 0.25) is 5.02 Å². The Morgan fingerprint density at radius 1 is 1.17 bits per heavy atom. The maximum Gasteiger partial charge on any atom is 0.258 e. The summed E-state index contributed by atoms with van der Waals surface area (Å²) in [5.74, 6) is 2.03. The SMILES string of the molecule is COc1ccc(-c2n[nH]c(CNC(=O)COc3ccc(Cl)c4cccnc34)n2)cc1. The van der Waals surface area contributed by atoms with Crippen molar-refractivity contribution in [2.24, 2.45) is 0 Å². The lowest BCUT2D eigenvalue weighted by Gasteiger charge is -2.09. The largest absolute Gasteiger partial charge is 0.497 e. The van der Waals surface area contributed by atoms with E-state index in [4.69, 9.17) is 21.1 Å². The number of halogens is 1. The number of ether oxygens (including phenoxy) is 2. The smallest absolute Gasteiger partial charge is 0.258 e. The average molecular weight is 424 g/mol. The zero-order valence-electron chi connectivity index (χ0n) is 16.1. The third-order valence-electron chi connectivity index (χ3n) is 4.37. The van der Waals surface area contributed by atoms with E-state index in [0.717, 1.165) is 16.7 Å². The number of aromatic nitrogens is 4. The van der Waals surface area contributed by atoms with Gasteiger partial charge in [-0.15, -0.1) is 0 Å². The number of nitrogens with zero attached hydrogens (tertiary/aromatic N) is 3. The number of carbonyl (C=O) groups is 1. The van der Waals surface area contributed by atoms with Crippen LogP contribution in [-0.2, 0) is 11.3 Å². The lowest BCUT2D eigenvalue weighted by atomic mass is 10.2. The van der Waals surface area contributed by atoms with Crippen LogP contribution in [0, 0.1) is 0 Å². The van der Waals surface area contributed by atoms with Crippen molar-refractivity contribution in [1.82, 2.24) is 25.5 Å². The first-order valence-electron chi connectivity index (χ1n) is 9.12. The fraction of sp³-hybridized carbons (Fsp3) is 0.143. The Morgan fingerprint density at radius 2 is 2.00 bits per heavy atom. The van der Waals surface area contributed by atoms with E-state index in [1.54, 1.807) is 31.5 Å². The van der Waals surface area contributed by atoms with Crippen molar-refractivity contribution in [2.45, 2.75) is 6.54 Å². The predicted octanol–water partition coefficient (Wildman–Crippen LogP) is 3.38. The second kappa shape index (κ2) is 8.79. The highest BCUT2D eigenvalue weighted by atomic mass is 35.5. The number of amides is 1. The van der Waals surface area contributed by atoms with Crippen molar-refractivity contribution >= 4 is 28.4 Å². The Labute approximate surface area is 177 Å². The lowest BCUT2D eigenvalue weighted by molar-refractivity contribution is -0.123. The molecule has 2 N–H and O–H groups in total. The van der Waals surface area contributed by atoms with Gasteiger partial charge < -0.3 is 14.8 Å². The number of pyridine rings is 1. The molecule has 2 aromatic heterocycles. The van der Waals surface area contributed by atoms with Gasteiger partial charge in [0.2, 0.25) is 0 Å². The van der Waals surface area contributed by atoms with E-state index >= 15 is 0 Å². The molecule has 4 rings (SSSR count). The minimum absolute atomic E-state index is 0.160. The number of carbonyl (C=O) groups excluding carboxylic acids is 1. The number of nitrogens with one attached hydrogen (secondary N) is 2. The maximum absolute atomic E-state index is 12.2. The fourth-order valence-electron chi connectivity index (χ4n) is 2.85. The topological polar surface area (TPSA) is 102 Å². The monoisotopic (exact) mass is 423 g/mol. The van der Waals surface area contributed by atoms with Gasteiger partial charge in [-0.1, -0.05) is 11.6 Å². The quantitative estimate of drug-likeness (QED) is 0.472. The molecule has 152 valence electrons. The molecule has 8 nitrogen and oxygen atoms in total. The van der Waals surface area contributed by atoms with E-state index in [0.29, 0.717) is 27.9 Å². The highest BCUT2D eigenvalue weighted by molar-refractivity contribution is 6.35. The average Bonchev–Trinajstić information content (AvgIpc) is 3.26. The molecule has 0 fully saturated rings. The normalized spacial score (nSPS) is 10.7. The molecule has 2 heterocycles. The van der Waals surface area contributed by atoms with E-state index in [1.807, 2.05) is 30.3 Å². The van der Waals surface area contributed by atoms with Gasteiger partial charge in [0.1, 0.15) is 22.8 Å². The Hall–Kier alpha value is -3.65. The number of H-pyrrole nitrogens is 1. The zero-order valence-corrected chi connectivity index (χ0v) is 16.8. The Balaban J connectivity index is 1.33. The molecule has 1 amide bonds. The summed E-state index contributed by atoms with van der Waals surface area (Å²) in [4.78, 5) is 20.9. The maximum atomic E-state index is 12.2. The van der Waals surface area contributed by atoms with Crippen molar-refractivity contribution in [2.75, 3.05) is 13.7 Å². The molecule has 0 spiro atoms. The van der Waals surface area contributed by atoms with Crippen molar-refractivity contribution in [1.29, 1.82) is 0 Å². The van der Waals surface area contributed by atoms with Crippen molar-refractivity contribution in [3.05, 3.63) is 65.6 Å². The van der Waals surface area contributed by atoms with E-state index < -0.39 is 0 Å². The number of hydrogen-bond donors (Lipinski definition) is 2. The van der Waals surface area contributed by atoms with Crippen LogP contribution in [0.5, 0.6) is 11.5 Å². The third kappa shape index (κ3) is 4.33. The predicted molar refractivity (Wildman–Crippen MR) is 112 cm³/mol. The summed E-state index contributed by atoms with van der Waals surface area (Å²) in [6.07, 6.45) is 1.65. The van der Waals surface area contributed by atoms with Gasteiger partial charge in [0.25, 0.3) is 5.91 Å². The molecule has 0 aliphatic heterocycles. The molecule has 0 unspecified atom stereocenters.